The molecule has 0 saturated carbocycles. The van der Waals surface area contributed by atoms with E-state index in [2.05, 4.69) is 13.8 Å². The van der Waals surface area contributed by atoms with Crippen LogP contribution in [0.25, 0.3) is 5.76 Å². The van der Waals surface area contributed by atoms with Crippen LogP contribution in [0.2, 0.25) is 0 Å². The lowest BCUT2D eigenvalue weighted by molar-refractivity contribution is -0.132. The molecule has 192 valence electrons. The molecule has 1 unspecified atom stereocenters. The summed E-state index contributed by atoms with van der Waals surface area (Å²) in [6.45, 7) is 6.62. The van der Waals surface area contributed by atoms with Gasteiger partial charge in [-0.3, -0.25) is 14.5 Å². The average molecular weight is 502 g/mol. The van der Waals surface area contributed by atoms with Crippen molar-refractivity contribution in [3.05, 3.63) is 89.0 Å². The van der Waals surface area contributed by atoms with Crippen molar-refractivity contribution in [1.29, 1.82) is 0 Å². The number of carbonyl (C=O) groups is 2. The summed E-state index contributed by atoms with van der Waals surface area (Å²) in [6, 6.07) is 18.6. The highest BCUT2D eigenvalue weighted by molar-refractivity contribution is 6.51. The number of rotatable bonds is 8. The second-order valence-electron chi connectivity index (χ2n) is 9.35. The van der Waals surface area contributed by atoms with Crippen LogP contribution < -0.4 is 19.1 Å². The zero-order valence-electron chi connectivity index (χ0n) is 21.6. The van der Waals surface area contributed by atoms with Gasteiger partial charge >= 0.3 is 0 Å². The predicted octanol–water partition coefficient (Wildman–Crippen LogP) is 5.67. The molecule has 7 heteroatoms. The van der Waals surface area contributed by atoms with E-state index < -0.39 is 17.7 Å². The summed E-state index contributed by atoms with van der Waals surface area (Å²) in [6.07, 6.45) is 0. The summed E-state index contributed by atoms with van der Waals surface area (Å²) >= 11 is 0. The zero-order valence-corrected chi connectivity index (χ0v) is 21.6. The fourth-order valence-electron chi connectivity index (χ4n) is 4.36. The normalized spacial score (nSPS) is 16.8. The minimum absolute atomic E-state index is 0.0257. The Bertz CT molecular complexity index is 1340. The van der Waals surface area contributed by atoms with Crippen LogP contribution in [-0.4, -0.2) is 37.6 Å². The first-order valence-corrected chi connectivity index (χ1v) is 12.1. The van der Waals surface area contributed by atoms with Crippen LogP contribution in [0, 0.1) is 12.8 Å². The van der Waals surface area contributed by atoms with Gasteiger partial charge in [-0.15, -0.1) is 0 Å². The second kappa shape index (κ2) is 10.8. The minimum atomic E-state index is -0.849. The van der Waals surface area contributed by atoms with Crippen LogP contribution in [-0.2, 0) is 9.59 Å². The first-order chi connectivity index (χ1) is 17.7. The smallest absolute Gasteiger partial charge is 0.300 e. The van der Waals surface area contributed by atoms with E-state index in [0.717, 1.165) is 5.56 Å². The highest BCUT2D eigenvalue weighted by atomic mass is 16.5. The van der Waals surface area contributed by atoms with Gasteiger partial charge in [0.15, 0.2) is 0 Å². The standard InChI is InChI=1S/C30H31NO6/c1-18(2)17-37-22-11-9-21(10-12-22)31-27(20-8-6-7-19(3)15-20)26(29(33)30(31)34)28(32)24-16-23(35-4)13-14-25(24)36-5/h6-16,18,27,32H,17H2,1-5H3/b28-26+. The molecule has 3 aromatic rings. The number of anilines is 1. The van der Waals surface area contributed by atoms with Gasteiger partial charge in [-0.25, -0.2) is 0 Å². The number of aliphatic hydroxyl groups excluding tert-OH is 1. The third-order valence-electron chi connectivity index (χ3n) is 6.16. The van der Waals surface area contributed by atoms with Gasteiger partial charge in [0.25, 0.3) is 11.7 Å². The monoisotopic (exact) mass is 501 g/mol. The molecule has 3 aromatic carbocycles. The van der Waals surface area contributed by atoms with E-state index in [0.29, 0.717) is 41.0 Å². The van der Waals surface area contributed by atoms with Crippen LogP contribution in [0.3, 0.4) is 0 Å². The van der Waals surface area contributed by atoms with Crippen molar-refractivity contribution in [3.63, 3.8) is 0 Å². The molecule has 0 radical (unpaired) electrons. The van der Waals surface area contributed by atoms with E-state index in [4.69, 9.17) is 14.2 Å². The molecule has 0 spiro atoms. The van der Waals surface area contributed by atoms with Crippen LogP contribution >= 0.6 is 0 Å². The molecule has 0 aromatic heterocycles. The van der Waals surface area contributed by atoms with Crippen molar-refractivity contribution >= 4 is 23.1 Å². The Hall–Kier alpha value is -4.26. The van der Waals surface area contributed by atoms with Crippen LogP contribution in [0.4, 0.5) is 5.69 Å². The first-order valence-electron chi connectivity index (χ1n) is 12.1. The minimum Gasteiger partial charge on any atom is -0.507 e. The number of nitrogens with zero attached hydrogens (tertiary/aromatic N) is 1. The molecular weight excluding hydrogens is 470 g/mol. The van der Waals surface area contributed by atoms with Gasteiger partial charge in [0.2, 0.25) is 0 Å². The summed E-state index contributed by atoms with van der Waals surface area (Å²) in [5, 5.41) is 11.5. The van der Waals surface area contributed by atoms with Crippen molar-refractivity contribution in [3.8, 4) is 17.2 Å². The molecular formula is C30H31NO6. The molecule has 0 bridgehead atoms. The molecule has 0 aliphatic carbocycles. The van der Waals surface area contributed by atoms with E-state index >= 15 is 0 Å². The van der Waals surface area contributed by atoms with Crippen molar-refractivity contribution in [2.45, 2.75) is 26.8 Å². The Kier molecular flexibility index (Phi) is 7.53. The number of hydrogen-bond donors (Lipinski definition) is 1. The molecule has 1 fully saturated rings. The number of methoxy groups -OCH3 is 2. The third kappa shape index (κ3) is 5.16. The molecule has 7 nitrogen and oxygen atoms in total. The van der Waals surface area contributed by atoms with Crippen molar-refractivity contribution in [2.24, 2.45) is 5.92 Å². The highest BCUT2D eigenvalue weighted by Crippen LogP contribution is 2.44. The quantitative estimate of drug-likeness (QED) is 0.243. The van der Waals surface area contributed by atoms with E-state index in [-0.39, 0.29) is 16.9 Å². The van der Waals surface area contributed by atoms with E-state index in [1.807, 2.05) is 31.2 Å². The molecule has 37 heavy (non-hydrogen) atoms. The van der Waals surface area contributed by atoms with Gasteiger partial charge in [-0.05, 0) is 60.9 Å². The third-order valence-corrected chi connectivity index (χ3v) is 6.16. The predicted molar refractivity (Wildman–Crippen MR) is 142 cm³/mol. The number of carbonyl (C=O) groups excluding carboxylic acids is 2. The van der Waals surface area contributed by atoms with Crippen molar-refractivity contribution in [2.75, 3.05) is 25.7 Å². The van der Waals surface area contributed by atoms with Gasteiger partial charge in [0, 0.05) is 5.69 Å². The number of Topliss-reactive ketones (excluding diaryl/α,β-unsaturated/α-hetero) is 1. The van der Waals surface area contributed by atoms with E-state index in [1.54, 1.807) is 42.5 Å². The summed E-state index contributed by atoms with van der Waals surface area (Å²) < 4.78 is 16.5. The van der Waals surface area contributed by atoms with Crippen molar-refractivity contribution < 1.29 is 28.9 Å². The number of amides is 1. The Labute approximate surface area is 216 Å². The van der Waals surface area contributed by atoms with Gasteiger partial charge in [0.05, 0.1) is 38.0 Å². The fourth-order valence-corrected chi connectivity index (χ4v) is 4.36. The second-order valence-corrected chi connectivity index (χ2v) is 9.35. The number of benzene rings is 3. The Morgan fingerprint density at radius 1 is 0.946 bits per heavy atom. The molecule has 1 saturated heterocycles. The number of ketones is 1. The molecule has 1 aliphatic heterocycles. The van der Waals surface area contributed by atoms with Gasteiger partial charge in [-0.1, -0.05) is 43.7 Å². The summed E-state index contributed by atoms with van der Waals surface area (Å²) in [5.41, 5.74) is 2.40. The molecule has 1 atom stereocenters. The maximum atomic E-state index is 13.5. The molecule has 4 rings (SSSR count). The number of ether oxygens (including phenoxy) is 3. The molecule has 1 N–H and O–H groups in total. The first kappa shape index (κ1) is 25.8. The lowest BCUT2D eigenvalue weighted by Gasteiger charge is -2.26. The molecule has 1 aliphatic rings. The van der Waals surface area contributed by atoms with Gasteiger partial charge in [-0.2, -0.15) is 0 Å². The van der Waals surface area contributed by atoms with Gasteiger partial charge in [0.1, 0.15) is 23.0 Å². The Morgan fingerprint density at radius 2 is 1.65 bits per heavy atom. The molecule has 1 heterocycles. The van der Waals surface area contributed by atoms with Crippen LogP contribution in [0.15, 0.2) is 72.3 Å². The summed E-state index contributed by atoms with van der Waals surface area (Å²) in [5.74, 6) is 0.00859. The number of aryl methyl sites for hydroxylation is 1. The van der Waals surface area contributed by atoms with E-state index in [1.165, 1.54) is 19.1 Å². The number of aliphatic hydroxyl groups is 1. The average Bonchev–Trinajstić information content (AvgIpc) is 3.17. The maximum Gasteiger partial charge on any atom is 0.300 e. The topological polar surface area (TPSA) is 85.3 Å². The highest BCUT2D eigenvalue weighted by Gasteiger charge is 2.47. The largest absolute Gasteiger partial charge is 0.507 e. The Balaban J connectivity index is 1.88. The van der Waals surface area contributed by atoms with Crippen LogP contribution in [0.1, 0.15) is 36.6 Å². The summed E-state index contributed by atoms with van der Waals surface area (Å²) in [4.78, 5) is 28.3. The van der Waals surface area contributed by atoms with Gasteiger partial charge < -0.3 is 19.3 Å². The van der Waals surface area contributed by atoms with Crippen LogP contribution in [0.5, 0.6) is 17.2 Å². The van der Waals surface area contributed by atoms with E-state index in [9.17, 15) is 14.7 Å². The zero-order chi connectivity index (χ0) is 26.7. The lowest BCUT2D eigenvalue weighted by atomic mass is 9.94. The van der Waals surface area contributed by atoms with Crippen molar-refractivity contribution in [1.82, 2.24) is 0 Å². The summed E-state index contributed by atoms with van der Waals surface area (Å²) in [7, 11) is 2.98. The fraction of sp³-hybridized carbons (Fsp3) is 0.267. The number of hydrogen-bond acceptors (Lipinski definition) is 6. The Morgan fingerprint density at radius 3 is 2.27 bits per heavy atom. The SMILES string of the molecule is COc1ccc(OC)c(/C(O)=C2\C(=O)C(=O)N(c3ccc(OCC(C)C)cc3)C2c2cccc(C)c2)c1. The lowest BCUT2D eigenvalue weighted by Crippen LogP contribution is -2.29. The maximum absolute atomic E-state index is 13.5. The molecule has 1 amide bonds.